The Hall–Kier alpha value is -2.86. The van der Waals surface area contributed by atoms with Crippen LogP contribution in [0.1, 0.15) is 23.0 Å². The molecule has 0 aliphatic carbocycles. The van der Waals surface area contributed by atoms with Gasteiger partial charge in [0, 0.05) is 16.5 Å². The second kappa shape index (κ2) is 8.44. The molecule has 7 heteroatoms. The van der Waals surface area contributed by atoms with Crippen LogP contribution in [0.15, 0.2) is 36.4 Å². The smallest absolute Gasteiger partial charge is 0.267 e. The van der Waals surface area contributed by atoms with Gasteiger partial charge in [0.1, 0.15) is 5.69 Å². The molecule has 1 aromatic heterocycles. The Morgan fingerprint density at radius 1 is 1.11 bits per heavy atom. The molecule has 1 amide bonds. The molecule has 0 bridgehead atoms. The van der Waals surface area contributed by atoms with E-state index in [1.165, 1.54) is 0 Å². The lowest BCUT2D eigenvalue weighted by molar-refractivity contribution is 0.0936. The molecule has 0 unspecified atom stereocenters. The number of methoxy groups -OCH3 is 3. The van der Waals surface area contributed by atoms with E-state index in [0.29, 0.717) is 39.9 Å². The van der Waals surface area contributed by atoms with Crippen LogP contribution in [0, 0.1) is 0 Å². The van der Waals surface area contributed by atoms with Crippen molar-refractivity contribution in [3.8, 4) is 17.2 Å². The summed E-state index contributed by atoms with van der Waals surface area (Å²) < 4.78 is 16.2. The van der Waals surface area contributed by atoms with Crippen LogP contribution >= 0.6 is 11.6 Å². The molecule has 28 heavy (non-hydrogen) atoms. The molecular formula is C21H23ClN2O4. The van der Waals surface area contributed by atoms with Crippen LogP contribution in [0.25, 0.3) is 10.9 Å². The van der Waals surface area contributed by atoms with Crippen LogP contribution in [-0.2, 0) is 6.42 Å². The summed E-state index contributed by atoms with van der Waals surface area (Å²) in [6.07, 6.45) is 0.636. The maximum Gasteiger partial charge on any atom is 0.267 e. The van der Waals surface area contributed by atoms with Crippen molar-refractivity contribution in [2.75, 3.05) is 21.3 Å². The summed E-state index contributed by atoms with van der Waals surface area (Å²) in [5, 5.41) is 4.48. The summed E-state index contributed by atoms with van der Waals surface area (Å²) in [6, 6.07) is 11.1. The van der Waals surface area contributed by atoms with Gasteiger partial charge in [-0.1, -0.05) is 29.8 Å². The molecule has 0 radical (unpaired) electrons. The van der Waals surface area contributed by atoms with Gasteiger partial charge in [-0.15, -0.1) is 0 Å². The van der Waals surface area contributed by atoms with Gasteiger partial charge in [0.15, 0.2) is 11.5 Å². The topological polar surface area (TPSA) is 72.6 Å². The Morgan fingerprint density at radius 3 is 2.46 bits per heavy atom. The van der Waals surface area contributed by atoms with Gasteiger partial charge in [0.05, 0.1) is 26.8 Å². The number of carbonyl (C=O) groups excluding carboxylic acids is 1. The Kier molecular flexibility index (Phi) is 5.99. The summed E-state index contributed by atoms with van der Waals surface area (Å²) >= 11 is 6.21. The molecule has 2 aromatic carbocycles. The Morgan fingerprint density at radius 2 is 1.82 bits per heavy atom. The van der Waals surface area contributed by atoms with E-state index in [-0.39, 0.29) is 11.9 Å². The minimum Gasteiger partial charge on any atom is -0.493 e. The van der Waals surface area contributed by atoms with Crippen LogP contribution in [0.4, 0.5) is 0 Å². The molecule has 148 valence electrons. The van der Waals surface area contributed by atoms with E-state index < -0.39 is 0 Å². The summed E-state index contributed by atoms with van der Waals surface area (Å²) in [5.74, 6) is 1.28. The monoisotopic (exact) mass is 402 g/mol. The minimum absolute atomic E-state index is 0.0928. The first-order valence-electron chi connectivity index (χ1n) is 8.84. The number of hydrogen-bond donors (Lipinski definition) is 2. The zero-order valence-corrected chi connectivity index (χ0v) is 17.0. The largest absolute Gasteiger partial charge is 0.493 e. The molecule has 0 aliphatic heterocycles. The third-order valence-electron chi connectivity index (χ3n) is 4.53. The molecule has 0 saturated heterocycles. The standard InChI is InChI=1S/C21H23ClN2O4/c1-12(9-13-7-5-6-8-15(13)22)23-21(25)16-10-14-11-17(26-2)19(27-3)20(28-4)18(14)24-16/h5-8,10-12,24H,9H2,1-4H3,(H,23,25)/t12-/m0/s1. The molecule has 6 nitrogen and oxygen atoms in total. The van der Waals surface area contributed by atoms with E-state index in [2.05, 4.69) is 10.3 Å². The second-order valence-corrected chi connectivity index (χ2v) is 6.87. The van der Waals surface area contributed by atoms with Crippen LogP contribution in [0.5, 0.6) is 17.2 Å². The highest BCUT2D eigenvalue weighted by atomic mass is 35.5. The number of halogens is 1. The number of aromatic nitrogens is 1. The van der Waals surface area contributed by atoms with Crippen molar-refractivity contribution < 1.29 is 19.0 Å². The van der Waals surface area contributed by atoms with Crippen LogP contribution in [-0.4, -0.2) is 38.3 Å². The fraction of sp³-hybridized carbons (Fsp3) is 0.286. The van der Waals surface area contributed by atoms with Crippen molar-refractivity contribution >= 4 is 28.4 Å². The fourth-order valence-electron chi connectivity index (χ4n) is 3.21. The van der Waals surface area contributed by atoms with Gasteiger partial charge in [-0.2, -0.15) is 0 Å². The van der Waals surface area contributed by atoms with E-state index in [1.807, 2.05) is 31.2 Å². The van der Waals surface area contributed by atoms with Gasteiger partial charge in [-0.25, -0.2) is 0 Å². The first kappa shape index (κ1) is 19.9. The molecule has 3 aromatic rings. The van der Waals surface area contributed by atoms with E-state index in [9.17, 15) is 4.79 Å². The lowest BCUT2D eigenvalue weighted by Gasteiger charge is -2.14. The number of nitrogens with one attached hydrogen (secondary N) is 2. The van der Waals surface area contributed by atoms with Gasteiger partial charge in [-0.3, -0.25) is 4.79 Å². The van der Waals surface area contributed by atoms with Gasteiger partial charge in [0.2, 0.25) is 5.75 Å². The van der Waals surface area contributed by atoms with E-state index in [0.717, 1.165) is 10.9 Å². The fourth-order valence-corrected chi connectivity index (χ4v) is 3.43. The van der Waals surface area contributed by atoms with Crippen molar-refractivity contribution in [2.45, 2.75) is 19.4 Å². The average molecular weight is 403 g/mol. The van der Waals surface area contributed by atoms with Gasteiger partial charge in [-0.05, 0) is 37.1 Å². The highest BCUT2D eigenvalue weighted by molar-refractivity contribution is 6.31. The molecule has 3 rings (SSSR count). The predicted octanol–water partition coefficient (Wildman–Crippen LogP) is 4.21. The second-order valence-electron chi connectivity index (χ2n) is 6.46. The molecular weight excluding hydrogens is 380 g/mol. The van der Waals surface area contributed by atoms with Gasteiger partial charge in [0.25, 0.3) is 5.91 Å². The number of carbonyl (C=O) groups is 1. The van der Waals surface area contributed by atoms with Gasteiger partial charge < -0.3 is 24.5 Å². The molecule has 0 spiro atoms. The third kappa shape index (κ3) is 3.87. The predicted molar refractivity (Wildman–Crippen MR) is 110 cm³/mol. The third-order valence-corrected chi connectivity index (χ3v) is 4.89. The lowest BCUT2D eigenvalue weighted by atomic mass is 10.1. The molecule has 0 aliphatic rings. The number of hydrogen-bond acceptors (Lipinski definition) is 4. The average Bonchev–Trinajstić information content (AvgIpc) is 3.12. The van der Waals surface area contributed by atoms with Crippen molar-refractivity contribution in [1.82, 2.24) is 10.3 Å². The van der Waals surface area contributed by atoms with Crippen LogP contribution in [0.2, 0.25) is 5.02 Å². The summed E-state index contributed by atoms with van der Waals surface area (Å²) in [6.45, 7) is 1.94. The Balaban J connectivity index is 1.85. The van der Waals surface area contributed by atoms with Crippen molar-refractivity contribution in [3.63, 3.8) is 0 Å². The maximum absolute atomic E-state index is 12.7. The zero-order valence-electron chi connectivity index (χ0n) is 16.3. The molecule has 2 N–H and O–H groups in total. The number of ether oxygens (including phenoxy) is 3. The van der Waals surface area contributed by atoms with Crippen LogP contribution in [0.3, 0.4) is 0 Å². The number of H-pyrrole nitrogens is 1. The highest BCUT2D eigenvalue weighted by Crippen LogP contribution is 2.43. The number of fused-ring (bicyclic) bond motifs is 1. The lowest BCUT2D eigenvalue weighted by Crippen LogP contribution is -2.34. The summed E-state index contributed by atoms with van der Waals surface area (Å²) in [4.78, 5) is 15.9. The number of benzene rings is 2. The first-order valence-corrected chi connectivity index (χ1v) is 9.22. The van der Waals surface area contributed by atoms with E-state index in [4.69, 9.17) is 25.8 Å². The highest BCUT2D eigenvalue weighted by Gasteiger charge is 2.20. The number of amides is 1. The van der Waals surface area contributed by atoms with E-state index >= 15 is 0 Å². The Labute approximate surface area is 168 Å². The Bertz CT molecular complexity index is 999. The summed E-state index contributed by atoms with van der Waals surface area (Å²) in [5.41, 5.74) is 2.09. The molecule has 1 heterocycles. The quantitative estimate of drug-likeness (QED) is 0.621. The zero-order chi connectivity index (χ0) is 20.3. The number of rotatable bonds is 7. The van der Waals surface area contributed by atoms with Crippen molar-refractivity contribution in [2.24, 2.45) is 0 Å². The normalized spacial score (nSPS) is 11.9. The van der Waals surface area contributed by atoms with Crippen molar-refractivity contribution in [1.29, 1.82) is 0 Å². The molecule has 0 saturated carbocycles. The SMILES string of the molecule is COc1cc2cc(C(=O)N[C@@H](C)Cc3ccccc3Cl)[nH]c2c(OC)c1OC. The van der Waals surface area contributed by atoms with Crippen LogP contribution < -0.4 is 19.5 Å². The number of aromatic amines is 1. The van der Waals surface area contributed by atoms with Gasteiger partial charge >= 0.3 is 0 Å². The minimum atomic E-state index is -0.212. The maximum atomic E-state index is 12.7. The van der Waals surface area contributed by atoms with Crippen molar-refractivity contribution in [3.05, 3.63) is 52.7 Å². The molecule has 0 fully saturated rings. The summed E-state index contributed by atoms with van der Waals surface area (Å²) in [7, 11) is 4.64. The van der Waals surface area contributed by atoms with E-state index in [1.54, 1.807) is 33.5 Å². The molecule has 1 atom stereocenters. The first-order chi connectivity index (χ1) is 13.5.